The minimum Gasteiger partial charge on any atom is -0.214 e. The summed E-state index contributed by atoms with van der Waals surface area (Å²) in [5.41, 5.74) is 2.85. The van der Waals surface area contributed by atoms with E-state index in [1.165, 1.54) is 0 Å². The van der Waals surface area contributed by atoms with E-state index >= 15 is 0 Å². The maximum Gasteiger partial charge on any atom is 0.215 e. The molecule has 0 spiro atoms. The van der Waals surface area contributed by atoms with Gasteiger partial charge in [0.2, 0.25) is 10.0 Å². The van der Waals surface area contributed by atoms with Crippen molar-refractivity contribution >= 4 is 10.0 Å². The fourth-order valence-corrected chi connectivity index (χ4v) is 2.95. The summed E-state index contributed by atoms with van der Waals surface area (Å²) < 4.78 is 26.1. The van der Waals surface area contributed by atoms with Crippen molar-refractivity contribution < 1.29 is 8.42 Å². The molecule has 0 saturated carbocycles. The molecule has 1 aromatic carbocycles. The molecule has 0 unspecified atom stereocenters. The predicted molar refractivity (Wildman–Crippen MR) is 70.0 cm³/mol. The topological polar surface area (TPSA) is 46.2 Å². The first kappa shape index (κ1) is 13.8. The van der Waals surface area contributed by atoms with Gasteiger partial charge < -0.3 is 0 Å². The Bertz CT molecular complexity index is 507. The first-order valence-electron chi connectivity index (χ1n) is 5.42. The third-order valence-electron chi connectivity index (χ3n) is 2.57. The molecule has 3 nitrogen and oxygen atoms in total. The SMILES string of the molecule is C#CCCNS(=O)(=O)Cc1c(C)cccc1C. The van der Waals surface area contributed by atoms with Gasteiger partial charge in [-0.1, -0.05) is 18.2 Å². The van der Waals surface area contributed by atoms with Crippen LogP contribution in [0.25, 0.3) is 0 Å². The largest absolute Gasteiger partial charge is 0.215 e. The fraction of sp³-hybridized carbons (Fsp3) is 0.385. The van der Waals surface area contributed by atoms with Crippen LogP contribution in [0.4, 0.5) is 0 Å². The summed E-state index contributed by atoms with van der Waals surface area (Å²) in [5.74, 6) is 2.41. The second-order valence-electron chi connectivity index (χ2n) is 3.98. The van der Waals surface area contributed by atoms with Crippen LogP contribution in [0.3, 0.4) is 0 Å². The Hall–Kier alpha value is -1.31. The van der Waals surface area contributed by atoms with Gasteiger partial charge in [-0.15, -0.1) is 12.3 Å². The van der Waals surface area contributed by atoms with Crippen molar-refractivity contribution in [2.45, 2.75) is 26.0 Å². The number of hydrogen-bond donors (Lipinski definition) is 1. The first-order valence-corrected chi connectivity index (χ1v) is 7.07. The van der Waals surface area contributed by atoms with Gasteiger partial charge in [0.15, 0.2) is 0 Å². The Morgan fingerprint density at radius 3 is 2.41 bits per heavy atom. The molecule has 1 N–H and O–H groups in total. The van der Waals surface area contributed by atoms with Crippen molar-refractivity contribution in [3.63, 3.8) is 0 Å². The van der Waals surface area contributed by atoms with Crippen LogP contribution >= 0.6 is 0 Å². The summed E-state index contributed by atoms with van der Waals surface area (Å²) in [7, 11) is -3.30. The van der Waals surface area contributed by atoms with Crippen LogP contribution in [0.1, 0.15) is 23.1 Å². The van der Waals surface area contributed by atoms with E-state index in [4.69, 9.17) is 6.42 Å². The molecule has 0 atom stereocenters. The van der Waals surface area contributed by atoms with Crippen molar-refractivity contribution in [2.24, 2.45) is 0 Å². The number of aryl methyl sites for hydroxylation is 2. The van der Waals surface area contributed by atoms with E-state index in [2.05, 4.69) is 10.6 Å². The lowest BCUT2D eigenvalue weighted by Gasteiger charge is -2.10. The number of terminal acetylenes is 1. The van der Waals surface area contributed by atoms with Gasteiger partial charge in [-0.3, -0.25) is 0 Å². The highest BCUT2D eigenvalue weighted by Crippen LogP contribution is 2.15. The van der Waals surface area contributed by atoms with Crippen molar-refractivity contribution in [1.82, 2.24) is 4.72 Å². The van der Waals surface area contributed by atoms with Crippen LogP contribution in [-0.4, -0.2) is 15.0 Å². The molecule has 0 aliphatic carbocycles. The molecule has 0 radical (unpaired) electrons. The molecule has 92 valence electrons. The molecule has 1 aromatic rings. The van der Waals surface area contributed by atoms with Gasteiger partial charge in [-0.25, -0.2) is 13.1 Å². The van der Waals surface area contributed by atoms with Gasteiger partial charge in [0, 0.05) is 13.0 Å². The van der Waals surface area contributed by atoms with E-state index in [9.17, 15) is 8.42 Å². The minimum absolute atomic E-state index is 0.01000. The van der Waals surface area contributed by atoms with Crippen molar-refractivity contribution in [3.05, 3.63) is 34.9 Å². The summed E-state index contributed by atoms with van der Waals surface area (Å²) in [6, 6.07) is 5.76. The van der Waals surface area contributed by atoms with Crippen LogP contribution in [0.2, 0.25) is 0 Å². The van der Waals surface area contributed by atoms with Gasteiger partial charge in [0.05, 0.1) is 5.75 Å². The molecular formula is C13H17NO2S. The Balaban J connectivity index is 2.81. The summed E-state index contributed by atoms with van der Waals surface area (Å²) in [5, 5.41) is 0. The van der Waals surface area contributed by atoms with Gasteiger partial charge in [-0.2, -0.15) is 0 Å². The molecule has 4 heteroatoms. The maximum atomic E-state index is 11.8. The number of nitrogens with one attached hydrogen (secondary N) is 1. The predicted octanol–water partition coefficient (Wildman–Crippen LogP) is 1.75. The first-order chi connectivity index (χ1) is 7.96. The lowest BCUT2D eigenvalue weighted by atomic mass is 10.1. The van der Waals surface area contributed by atoms with Crippen LogP contribution in [-0.2, 0) is 15.8 Å². The van der Waals surface area contributed by atoms with E-state index in [1.807, 2.05) is 32.0 Å². The molecule has 0 fully saturated rings. The Morgan fingerprint density at radius 2 is 1.88 bits per heavy atom. The van der Waals surface area contributed by atoms with Gasteiger partial charge in [0.1, 0.15) is 0 Å². The smallest absolute Gasteiger partial charge is 0.214 e. The third-order valence-corrected chi connectivity index (χ3v) is 3.88. The van der Waals surface area contributed by atoms with E-state index in [0.29, 0.717) is 13.0 Å². The quantitative estimate of drug-likeness (QED) is 0.640. The standard InChI is InChI=1S/C13H17NO2S/c1-4-5-9-14-17(15,16)10-13-11(2)7-6-8-12(13)3/h1,6-8,14H,5,9-10H2,2-3H3. The van der Waals surface area contributed by atoms with Crippen molar-refractivity contribution in [3.8, 4) is 12.3 Å². The van der Waals surface area contributed by atoms with Gasteiger partial charge in [-0.05, 0) is 30.5 Å². The molecule has 0 saturated heterocycles. The van der Waals surface area contributed by atoms with E-state index in [0.717, 1.165) is 16.7 Å². The zero-order chi connectivity index (χ0) is 12.9. The molecular weight excluding hydrogens is 234 g/mol. The second kappa shape index (κ2) is 5.85. The van der Waals surface area contributed by atoms with Crippen molar-refractivity contribution in [1.29, 1.82) is 0 Å². The van der Waals surface area contributed by atoms with Gasteiger partial charge in [0.25, 0.3) is 0 Å². The zero-order valence-corrected chi connectivity index (χ0v) is 11.0. The minimum atomic E-state index is -3.30. The van der Waals surface area contributed by atoms with E-state index in [-0.39, 0.29) is 5.75 Å². The van der Waals surface area contributed by atoms with Gasteiger partial charge >= 0.3 is 0 Å². The molecule has 0 heterocycles. The monoisotopic (exact) mass is 251 g/mol. The van der Waals surface area contributed by atoms with Crippen LogP contribution in [0.5, 0.6) is 0 Å². The molecule has 0 aromatic heterocycles. The van der Waals surface area contributed by atoms with Crippen LogP contribution in [0, 0.1) is 26.2 Å². The number of benzene rings is 1. The molecule has 0 bridgehead atoms. The lowest BCUT2D eigenvalue weighted by Crippen LogP contribution is -2.26. The summed E-state index contributed by atoms with van der Waals surface area (Å²) >= 11 is 0. The maximum absolute atomic E-state index is 11.8. The molecule has 17 heavy (non-hydrogen) atoms. The van der Waals surface area contributed by atoms with E-state index in [1.54, 1.807) is 0 Å². The normalized spacial score (nSPS) is 11.1. The Kier molecular flexibility index (Phi) is 4.73. The van der Waals surface area contributed by atoms with Crippen molar-refractivity contribution in [2.75, 3.05) is 6.54 Å². The highest BCUT2D eigenvalue weighted by Gasteiger charge is 2.13. The Labute approximate surface area is 103 Å². The lowest BCUT2D eigenvalue weighted by molar-refractivity contribution is 0.581. The fourth-order valence-electron chi connectivity index (χ4n) is 1.60. The summed E-state index contributed by atoms with van der Waals surface area (Å²) in [6.45, 7) is 4.13. The zero-order valence-electron chi connectivity index (χ0n) is 10.2. The average molecular weight is 251 g/mol. The summed E-state index contributed by atoms with van der Waals surface area (Å²) in [6.07, 6.45) is 5.48. The number of hydrogen-bond acceptors (Lipinski definition) is 2. The van der Waals surface area contributed by atoms with Crippen LogP contribution in [0.15, 0.2) is 18.2 Å². The highest BCUT2D eigenvalue weighted by molar-refractivity contribution is 7.88. The average Bonchev–Trinajstić information content (AvgIpc) is 2.24. The molecule has 0 amide bonds. The number of sulfonamides is 1. The highest BCUT2D eigenvalue weighted by atomic mass is 32.2. The molecule has 0 aliphatic rings. The second-order valence-corrected chi connectivity index (χ2v) is 5.78. The Morgan fingerprint density at radius 1 is 1.29 bits per heavy atom. The van der Waals surface area contributed by atoms with Crippen LogP contribution < -0.4 is 4.72 Å². The number of rotatable bonds is 5. The molecule has 1 rings (SSSR count). The van der Waals surface area contributed by atoms with E-state index < -0.39 is 10.0 Å². The summed E-state index contributed by atoms with van der Waals surface area (Å²) in [4.78, 5) is 0. The molecule has 0 aliphatic heterocycles. The third kappa shape index (κ3) is 4.22.